The van der Waals surface area contributed by atoms with Crippen molar-refractivity contribution in [1.29, 1.82) is 0 Å². The molecule has 0 N–H and O–H groups in total. The predicted octanol–water partition coefficient (Wildman–Crippen LogP) is 6.19. The highest BCUT2D eigenvalue weighted by molar-refractivity contribution is 6.69. The Kier molecular flexibility index (Phi) is 5.54. The molecule has 0 spiro atoms. The van der Waals surface area contributed by atoms with Crippen molar-refractivity contribution in [3.63, 3.8) is 0 Å². The molecular formula is C22H24FNOSi. The van der Waals surface area contributed by atoms with Gasteiger partial charge in [0.05, 0.1) is 5.69 Å². The van der Waals surface area contributed by atoms with Crippen molar-refractivity contribution in [1.82, 2.24) is 0 Å². The van der Waals surface area contributed by atoms with Crippen molar-refractivity contribution < 1.29 is 8.92 Å². The van der Waals surface area contributed by atoms with Gasteiger partial charge in [-0.1, -0.05) is 60.7 Å². The Morgan fingerprint density at radius 1 is 0.731 bits per heavy atom. The van der Waals surface area contributed by atoms with Crippen LogP contribution in [0.4, 0.5) is 10.1 Å². The van der Waals surface area contributed by atoms with Gasteiger partial charge in [0.25, 0.3) is 0 Å². The lowest BCUT2D eigenvalue weighted by Crippen LogP contribution is -2.40. The number of benzene rings is 3. The van der Waals surface area contributed by atoms with Crippen molar-refractivity contribution in [3.05, 3.63) is 102 Å². The lowest BCUT2D eigenvalue weighted by Gasteiger charge is -2.37. The molecule has 1 unspecified atom stereocenters. The fourth-order valence-corrected chi connectivity index (χ4v) is 3.67. The predicted molar refractivity (Wildman–Crippen MR) is 108 cm³/mol. The number of nitrogens with zero attached hydrogens (tertiary/aromatic N) is 1. The Morgan fingerprint density at radius 3 is 1.77 bits per heavy atom. The lowest BCUT2D eigenvalue weighted by atomic mass is 9.98. The van der Waals surface area contributed by atoms with E-state index in [-0.39, 0.29) is 11.9 Å². The maximum Gasteiger partial charge on any atom is 0.220 e. The van der Waals surface area contributed by atoms with Gasteiger partial charge in [0.1, 0.15) is 11.9 Å². The molecule has 0 fully saturated rings. The first-order valence-electron chi connectivity index (χ1n) is 8.78. The minimum Gasteiger partial charge on any atom is -0.319 e. The van der Waals surface area contributed by atoms with Crippen molar-refractivity contribution in [2.45, 2.75) is 25.7 Å². The van der Waals surface area contributed by atoms with Gasteiger partial charge in [-0.3, -0.25) is 5.06 Å². The van der Waals surface area contributed by atoms with E-state index < -0.39 is 8.32 Å². The minimum atomic E-state index is -1.89. The average molecular weight is 366 g/mol. The standard InChI is InChI=1S/C22H24FNOSi/c1-26(2,3)25-24(21-12-8-5-9-13-21)22(18-10-6-4-7-11-18)19-14-16-20(23)17-15-19/h4-17,22H,1-3H3. The van der Waals surface area contributed by atoms with Crippen LogP contribution in [0, 0.1) is 5.82 Å². The van der Waals surface area contributed by atoms with Gasteiger partial charge >= 0.3 is 0 Å². The van der Waals surface area contributed by atoms with E-state index in [0.717, 1.165) is 16.8 Å². The second kappa shape index (κ2) is 7.85. The second-order valence-electron chi connectivity index (χ2n) is 7.23. The molecular weight excluding hydrogens is 341 g/mol. The van der Waals surface area contributed by atoms with Gasteiger partial charge in [0.15, 0.2) is 0 Å². The first-order chi connectivity index (χ1) is 12.4. The number of hydroxylamine groups is 1. The van der Waals surface area contributed by atoms with Gasteiger partial charge in [-0.15, -0.1) is 0 Å². The summed E-state index contributed by atoms with van der Waals surface area (Å²) in [6.07, 6.45) is 0. The molecule has 0 aliphatic heterocycles. The number of hydrogen-bond donors (Lipinski definition) is 0. The molecule has 3 aromatic carbocycles. The third-order valence-corrected chi connectivity index (χ3v) is 4.66. The zero-order chi connectivity index (χ0) is 18.6. The van der Waals surface area contributed by atoms with E-state index in [0.29, 0.717) is 0 Å². The quantitative estimate of drug-likeness (QED) is 0.381. The van der Waals surface area contributed by atoms with Crippen molar-refractivity contribution in [3.8, 4) is 0 Å². The number of para-hydroxylation sites is 1. The third kappa shape index (κ3) is 4.59. The summed E-state index contributed by atoms with van der Waals surface area (Å²) in [4.78, 5) is 0. The SMILES string of the molecule is C[Si](C)(C)ON(c1ccccc1)C(c1ccccc1)c1ccc(F)cc1. The fraction of sp³-hybridized carbons (Fsp3) is 0.182. The maximum atomic E-state index is 13.5. The lowest BCUT2D eigenvalue weighted by molar-refractivity contribution is 0.248. The smallest absolute Gasteiger partial charge is 0.220 e. The summed E-state index contributed by atoms with van der Waals surface area (Å²) < 4.78 is 20.0. The monoisotopic (exact) mass is 365 g/mol. The molecule has 4 heteroatoms. The molecule has 26 heavy (non-hydrogen) atoms. The Balaban J connectivity index is 2.14. The summed E-state index contributed by atoms with van der Waals surface area (Å²) in [5.74, 6) is -0.238. The molecule has 3 aromatic rings. The Bertz CT molecular complexity index is 816. The van der Waals surface area contributed by atoms with Gasteiger partial charge in [-0.25, -0.2) is 4.39 Å². The van der Waals surface area contributed by atoms with Crippen LogP contribution >= 0.6 is 0 Å². The van der Waals surface area contributed by atoms with Crippen LogP contribution in [0.25, 0.3) is 0 Å². The van der Waals surface area contributed by atoms with Crippen LogP contribution in [-0.2, 0) is 4.53 Å². The van der Waals surface area contributed by atoms with Crippen LogP contribution < -0.4 is 5.06 Å². The first kappa shape index (κ1) is 18.4. The van der Waals surface area contributed by atoms with E-state index in [9.17, 15) is 4.39 Å². The molecule has 0 amide bonds. The van der Waals surface area contributed by atoms with Crippen LogP contribution in [0.15, 0.2) is 84.9 Å². The summed E-state index contributed by atoms with van der Waals surface area (Å²) in [5, 5.41) is 1.98. The van der Waals surface area contributed by atoms with E-state index in [2.05, 4.69) is 31.8 Å². The Hall–Kier alpha value is -2.43. The Labute approximate surface area is 156 Å². The molecule has 0 aliphatic carbocycles. The maximum absolute atomic E-state index is 13.5. The first-order valence-corrected chi connectivity index (χ1v) is 12.2. The van der Waals surface area contributed by atoms with Crippen molar-refractivity contribution in [2.75, 3.05) is 5.06 Å². The van der Waals surface area contributed by atoms with Gasteiger partial charge < -0.3 is 4.53 Å². The highest BCUT2D eigenvalue weighted by atomic mass is 28.4. The molecule has 0 saturated carbocycles. The molecule has 0 aliphatic rings. The van der Waals surface area contributed by atoms with E-state index >= 15 is 0 Å². The molecule has 0 radical (unpaired) electrons. The van der Waals surface area contributed by atoms with Crippen LogP contribution in [0.2, 0.25) is 19.6 Å². The number of rotatable bonds is 6. The van der Waals surface area contributed by atoms with E-state index in [1.165, 1.54) is 12.1 Å². The van der Waals surface area contributed by atoms with E-state index in [1.54, 1.807) is 0 Å². The summed E-state index contributed by atoms with van der Waals surface area (Å²) in [7, 11) is -1.89. The topological polar surface area (TPSA) is 12.5 Å². The van der Waals surface area contributed by atoms with Crippen LogP contribution in [0.5, 0.6) is 0 Å². The fourth-order valence-electron chi connectivity index (χ4n) is 2.87. The Morgan fingerprint density at radius 2 is 1.23 bits per heavy atom. The molecule has 1 atom stereocenters. The van der Waals surface area contributed by atoms with Gasteiger partial charge in [0, 0.05) is 0 Å². The second-order valence-corrected chi connectivity index (χ2v) is 11.6. The summed E-state index contributed by atoms with van der Waals surface area (Å²) >= 11 is 0. The van der Waals surface area contributed by atoms with Crippen LogP contribution in [0.3, 0.4) is 0 Å². The highest BCUT2D eigenvalue weighted by Gasteiger charge is 2.29. The zero-order valence-corrected chi connectivity index (χ0v) is 16.4. The molecule has 0 heterocycles. The van der Waals surface area contributed by atoms with Crippen molar-refractivity contribution >= 4 is 14.0 Å². The number of anilines is 1. The molecule has 0 saturated heterocycles. The normalized spacial score (nSPS) is 12.6. The molecule has 2 nitrogen and oxygen atoms in total. The van der Waals surface area contributed by atoms with Gasteiger partial charge in [-0.2, -0.15) is 0 Å². The largest absolute Gasteiger partial charge is 0.319 e. The number of halogens is 1. The van der Waals surface area contributed by atoms with Crippen LogP contribution in [0.1, 0.15) is 17.2 Å². The molecule has 0 bridgehead atoms. The summed E-state index contributed by atoms with van der Waals surface area (Å²) in [6.45, 7) is 6.49. The molecule has 134 valence electrons. The third-order valence-electron chi connectivity index (χ3n) is 3.92. The minimum absolute atomic E-state index is 0.161. The van der Waals surface area contributed by atoms with Crippen LogP contribution in [-0.4, -0.2) is 8.32 Å². The average Bonchev–Trinajstić information content (AvgIpc) is 2.63. The zero-order valence-electron chi connectivity index (χ0n) is 15.4. The molecule has 3 rings (SSSR count). The van der Waals surface area contributed by atoms with Crippen molar-refractivity contribution in [2.24, 2.45) is 0 Å². The van der Waals surface area contributed by atoms with Gasteiger partial charge in [-0.05, 0) is 55.0 Å². The molecule has 0 aromatic heterocycles. The highest BCUT2D eigenvalue weighted by Crippen LogP contribution is 2.34. The van der Waals surface area contributed by atoms with E-state index in [4.69, 9.17) is 4.53 Å². The van der Waals surface area contributed by atoms with E-state index in [1.807, 2.05) is 65.7 Å². The van der Waals surface area contributed by atoms with Gasteiger partial charge in [0.2, 0.25) is 8.32 Å². The summed E-state index contributed by atoms with van der Waals surface area (Å²) in [6, 6.07) is 26.8. The summed E-state index contributed by atoms with van der Waals surface area (Å²) in [5.41, 5.74) is 3.06. The number of hydrogen-bond acceptors (Lipinski definition) is 2.